The summed E-state index contributed by atoms with van der Waals surface area (Å²) >= 11 is 0. The van der Waals surface area contributed by atoms with Crippen LogP contribution >= 0.6 is 0 Å². The molecule has 94 valence electrons. The van der Waals surface area contributed by atoms with Crippen LogP contribution in [0, 0.1) is 0 Å². The first-order chi connectivity index (χ1) is 7.97. The Kier molecular flexibility index (Phi) is 3.56. The second-order valence-corrected chi connectivity index (χ2v) is 6.61. The molecule has 0 spiro atoms. The first kappa shape index (κ1) is 12.6. The van der Waals surface area contributed by atoms with E-state index in [0.717, 1.165) is 5.92 Å². The lowest BCUT2D eigenvalue weighted by Gasteiger charge is -2.23. The summed E-state index contributed by atoms with van der Waals surface area (Å²) in [6, 6.07) is 2.44. The van der Waals surface area contributed by atoms with Gasteiger partial charge < -0.3 is 0 Å². The Morgan fingerprint density at radius 2 is 1.71 bits per heavy atom. The molecule has 0 unspecified atom stereocenters. The summed E-state index contributed by atoms with van der Waals surface area (Å²) in [5.74, 6) is 0.803. The van der Waals surface area contributed by atoms with Crippen molar-refractivity contribution in [1.82, 2.24) is 0 Å². The van der Waals surface area contributed by atoms with E-state index < -0.39 is 0 Å². The van der Waals surface area contributed by atoms with Crippen molar-refractivity contribution in [1.29, 1.82) is 0 Å². The van der Waals surface area contributed by atoms with Crippen molar-refractivity contribution in [3.63, 3.8) is 0 Å². The third-order valence-electron chi connectivity index (χ3n) is 3.96. The molecule has 1 heterocycles. The Labute approximate surface area is 106 Å². The van der Waals surface area contributed by atoms with Crippen LogP contribution in [0.3, 0.4) is 0 Å². The van der Waals surface area contributed by atoms with Crippen LogP contribution in [0.15, 0.2) is 18.5 Å². The molecule has 1 nitrogen and oxygen atoms in total. The lowest BCUT2D eigenvalue weighted by Crippen LogP contribution is -2.31. The molecule has 1 aliphatic carbocycles. The Hall–Kier alpha value is -0.850. The molecule has 1 fully saturated rings. The Morgan fingerprint density at radius 3 is 2.29 bits per heavy atom. The fourth-order valence-electron chi connectivity index (χ4n) is 2.82. The van der Waals surface area contributed by atoms with E-state index in [2.05, 4.69) is 50.8 Å². The van der Waals surface area contributed by atoms with Gasteiger partial charge in [-0.05, 0) is 30.2 Å². The number of hydrogen-bond acceptors (Lipinski definition) is 0. The molecule has 0 saturated heterocycles. The third kappa shape index (κ3) is 3.08. The van der Waals surface area contributed by atoms with Crippen LogP contribution in [0.4, 0.5) is 0 Å². The maximum atomic E-state index is 2.44. The molecule has 1 heteroatoms. The number of nitrogens with zero attached hydrogens (tertiary/aromatic N) is 1. The fraction of sp³-hybridized carbons (Fsp3) is 0.688. The highest BCUT2D eigenvalue weighted by Gasteiger charge is 2.22. The number of aryl methyl sites for hydroxylation is 1. The van der Waals surface area contributed by atoms with Crippen molar-refractivity contribution in [2.75, 3.05) is 0 Å². The van der Waals surface area contributed by atoms with Gasteiger partial charge in [0, 0.05) is 11.1 Å². The van der Waals surface area contributed by atoms with Gasteiger partial charge in [0.25, 0.3) is 0 Å². The van der Waals surface area contributed by atoms with Crippen molar-refractivity contribution >= 4 is 0 Å². The van der Waals surface area contributed by atoms with Crippen molar-refractivity contribution in [3.8, 4) is 0 Å². The summed E-state index contributed by atoms with van der Waals surface area (Å²) in [5, 5.41) is 0. The van der Waals surface area contributed by atoms with E-state index in [1.807, 2.05) is 0 Å². The van der Waals surface area contributed by atoms with Gasteiger partial charge in [0.15, 0.2) is 12.4 Å². The zero-order valence-electron chi connectivity index (χ0n) is 11.8. The first-order valence-corrected chi connectivity index (χ1v) is 6.97. The van der Waals surface area contributed by atoms with Crippen LogP contribution in [-0.2, 0) is 12.5 Å². The summed E-state index contributed by atoms with van der Waals surface area (Å²) in [7, 11) is 2.15. The van der Waals surface area contributed by atoms with Crippen molar-refractivity contribution in [3.05, 3.63) is 29.6 Å². The lowest BCUT2D eigenvalue weighted by molar-refractivity contribution is -0.672. The smallest absolute Gasteiger partial charge is 0.172 e. The van der Waals surface area contributed by atoms with Gasteiger partial charge in [-0.15, -0.1) is 0 Å². The number of rotatable bonds is 1. The highest BCUT2D eigenvalue weighted by atomic mass is 14.9. The highest BCUT2D eigenvalue weighted by molar-refractivity contribution is 5.24. The molecule has 0 aromatic carbocycles. The normalized spacial score (nSPS) is 18.4. The van der Waals surface area contributed by atoms with E-state index in [9.17, 15) is 0 Å². The quantitative estimate of drug-likeness (QED) is 0.647. The molecule has 1 saturated carbocycles. The average molecular weight is 232 g/mol. The number of hydrogen-bond donors (Lipinski definition) is 0. The summed E-state index contributed by atoms with van der Waals surface area (Å²) in [4.78, 5) is 0. The van der Waals surface area contributed by atoms with Crippen molar-refractivity contribution in [2.24, 2.45) is 7.05 Å². The molecule has 1 aromatic heterocycles. The fourth-order valence-corrected chi connectivity index (χ4v) is 2.82. The summed E-state index contributed by atoms with van der Waals surface area (Å²) < 4.78 is 2.24. The van der Waals surface area contributed by atoms with Gasteiger partial charge in [-0.3, -0.25) is 0 Å². The molecule has 2 rings (SSSR count). The molecular weight excluding hydrogens is 206 g/mol. The predicted molar refractivity (Wildman–Crippen MR) is 72.1 cm³/mol. The molecular formula is C16H26N+. The van der Waals surface area contributed by atoms with Gasteiger partial charge in [0.1, 0.15) is 7.05 Å². The molecule has 0 radical (unpaired) electrons. The zero-order valence-corrected chi connectivity index (χ0v) is 11.8. The van der Waals surface area contributed by atoms with Gasteiger partial charge in [0.2, 0.25) is 0 Å². The lowest BCUT2D eigenvalue weighted by atomic mass is 9.81. The molecule has 0 N–H and O–H groups in total. The second-order valence-electron chi connectivity index (χ2n) is 6.61. The van der Waals surface area contributed by atoms with Gasteiger partial charge in [-0.2, -0.15) is 0 Å². The molecule has 0 aliphatic heterocycles. The van der Waals surface area contributed by atoms with Gasteiger partial charge in [-0.1, -0.05) is 40.0 Å². The number of aromatic nitrogens is 1. The number of pyridine rings is 1. The Morgan fingerprint density at radius 1 is 1.06 bits per heavy atom. The maximum absolute atomic E-state index is 2.44. The van der Waals surface area contributed by atoms with Crippen LogP contribution in [0.1, 0.15) is 69.9 Å². The minimum atomic E-state index is 0.252. The first-order valence-electron chi connectivity index (χ1n) is 6.97. The minimum absolute atomic E-state index is 0.252. The van der Waals surface area contributed by atoms with Gasteiger partial charge >= 0.3 is 0 Å². The summed E-state index contributed by atoms with van der Waals surface area (Å²) in [5.41, 5.74) is 3.27. The standard InChI is InChI=1S/C16H26N/c1-16(2,3)15-10-14(11-17(4)12-15)13-8-6-5-7-9-13/h10-13H,5-9H2,1-4H3/q+1. The molecule has 0 amide bonds. The third-order valence-corrected chi connectivity index (χ3v) is 3.96. The second kappa shape index (κ2) is 4.80. The van der Waals surface area contributed by atoms with Gasteiger partial charge in [0.05, 0.1) is 0 Å². The molecule has 0 atom stereocenters. The Bertz CT molecular complexity index is 381. The van der Waals surface area contributed by atoms with Crippen LogP contribution in [0.2, 0.25) is 0 Å². The van der Waals surface area contributed by atoms with Gasteiger partial charge in [-0.25, -0.2) is 4.57 Å². The van der Waals surface area contributed by atoms with Crippen LogP contribution in [0.5, 0.6) is 0 Å². The van der Waals surface area contributed by atoms with Crippen molar-refractivity contribution in [2.45, 2.75) is 64.2 Å². The maximum Gasteiger partial charge on any atom is 0.172 e. The zero-order chi connectivity index (χ0) is 12.5. The van der Waals surface area contributed by atoms with Crippen LogP contribution in [-0.4, -0.2) is 0 Å². The summed E-state index contributed by atoms with van der Waals surface area (Å²) in [6.45, 7) is 6.90. The topological polar surface area (TPSA) is 3.88 Å². The van der Waals surface area contributed by atoms with E-state index in [1.165, 1.54) is 37.7 Å². The molecule has 1 aromatic rings. The predicted octanol–water partition coefficient (Wildman–Crippen LogP) is 3.86. The molecule has 17 heavy (non-hydrogen) atoms. The highest BCUT2D eigenvalue weighted by Crippen LogP contribution is 2.33. The SMILES string of the molecule is C[n+]1cc(C2CCCCC2)cc(C(C)(C)C)c1. The van der Waals surface area contributed by atoms with E-state index in [0.29, 0.717) is 0 Å². The van der Waals surface area contributed by atoms with Crippen LogP contribution in [0.25, 0.3) is 0 Å². The van der Waals surface area contributed by atoms with E-state index in [1.54, 1.807) is 5.56 Å². The Balaban J connectivity index is 2.31. The largest absolute Gasteiger partial charge is 0.207 e. The molecule has 0 bridgehead atoms. The summed E-state index contributed by atoms with van der Waals surface area (Å²) in [6.07, 6.45) is 11.6. The van der Waals surface area contributed by atoms with E-state index >= 15 is 0 Å². The average Bonchev–Trinajstić information content (AvgIpc) is 2.28. The minimum Gasteiger partial charge on any atom is -0.207 e. The van der Waals surface area contributed by atoms with E-state index in [-0.39, 0.29) is 5.41 Å². The van der Waals surface area contributed by atoms with Crippen molar-refractivity contribution < 1.29 is 4.57 Å². The monoisotopic (exact) mass is 232 g/mol. The molecule has 1 aliphatic rings. The van der Waals surface area contributed by atoms with E-state index in [4.69, 9.17) is 0 Å². The van der Waals surface area contributed by atoms with Crippen LogP contribution < -0.4 is 4.57 Å².